The van der Waals surface area contributed by atoms with Crippen LogP contribution in [0.3, 0.4) is 0 Å². The molecule has 1 aliphatic heterocycles. The number of Topliss-reactive ketones (excluding diaryl/α,β-unsaturated/α-hetero) is 1. The first-order chi connectivity index (χ1) is 18.4. The van der Waals surface area contributed by atoms with E-state index in [1.54, 1.807) is 6.20 Å². The lowest BCUT2D eigenvalue weighted by molar-refractivity contribution is 0.0256. The monoisotopic (exact) mass is 518 g/mol. The average Bonchev–Trinajstić information content (AvgIpc) is 3.24. The molecular weight excluding hydrogens is 486 g/mol. The van der Waals surface area contributed by atoms with Gasteiger partial charge in [0.15, 0.2) is 17.4 Å². The van der Waals surface area contributed by atoms with E-state index in [0.29, 0.717) is 37.3 Å². The van der Waals surface area contributed by atoms with Crippen LogP contribution >= 0.6 is 0 Å². The van der Waals surface area contributed by atoms with Crippen LogP contribution in [0.15, 0.2) is 60.8 Å². The highest BCUT2D eigenvalue weighted by atomic mass is 19.2. The molecular formula is C31H32F2N2O3. The largest absolute Gasteiger partial charge is 0.490 e. The first-order valence-electron chi connectivity index (χ1n) is 13.2. The topological polar surface area (TPSA) is 53.4 Å². The van der Waals surface area contributed by atoms with Gasteiger partial charge >= 0.3 is 0 Å². The number of nitrogens with zero attached hydrogens (tertiary/aromatic N) is 2. The predicted molar refractivity (Wildman–Crippen MR) is 143 cm³/mol. The molecule has 0 N–H and O–H groups in total. The standard InChI is InChI=1S/C31H32F2N2O3/c1-20(2)31-30(29(36)11-7-21-6-10-26(32)27(33)17-21)25-9-8-24(38-23-12-15-37-16-13-23)18-28(25)35(31)19-22-5-3-4-14-34-22/h3-6,8-10,14,17-18,20,23H,7,11-13,15-16,19H2,1-2H3. The molecule has 1 aliphatic rings. The van der Waals surface area contributed by atoms with Gasteiger partial charge in [-0.1, -0.05) is 26.0 Å². The Morgan fingerprint density at radius 3 is 2.61 bits per heavy atom. The summed E-state index contributed by atoms with van der Waals surface area (Å²) < 4.78 is 41.0. The number of ketones is 1. The average molecular weight is 519 g/mol. The van der Waals surface area contributed by atoms with Gasteiger partial charge in [0.1, 0.15) is 11.9 Å². The Morgan fingerprint density at radius 1 is 1.08 bits per heavy atom. The number of benzene rings is 2. The molecule has 5 rings (SSSR count). The van der Waals surface area contributed by atoms with Crippen molar-refractivity contribution in [1.29, 1.82) is 0 Å². The van der Waals surface area contributed by atoms with Crippen molar-refractivity contribution < 1.29 is 23.0 Å². The third-order valence-electron chi connectivity index (χ3n) is 7.04. The van der Waals surface area contributed by atoms with Crippen molar-refractivity contribution in [3.8, 4) is 5.75 Å². The lowest BCUT2D eigenvalue weighted by atomic mass is 9.96. The highest BCUT2D eigenvalue weighted by molar-refractivity contribution is 6.10. The molecule has 0 saturated carbocycles. The van der Waals surface area contributed by atoms with Crippen molar-refractivity contribution in [1.82, 2.24) is 9.55 Å². The Morgan fingerprint density at radius 2 is 1.89 bits per heavy atom. The Kier molecular flexibility index (Phi) is 7.84. The zero-order chi connectivity index (χ0) is 26.6. The van der Waals surface area contributed by atoms with Gasteiger partial charge in [-0.2, -0.15) is 0 Å². The highest BCUT2D eigenvalue weighted by Crippen LogP contribution is 2.35. The molecule has 2 aromatic heterocycles. The molecule has 0 bridgehead atoms. The van der Waals surface area contributed by atoms with E-state index in [9.17, 15) is 13.6 Å². The van der Waals surface area contributed by atoms with Gasteiger partial charge in [-0.05, 0) is 54.3 Å². The first-order valence-corrected chi connectivity index (χ1v) is 13.2. The second-order valence-corrected chi connectivity index (χ2v) is 10.1. The number of carbonyl (C=O) groups is 1. The van der Waals surface area contributed by atoms with Crippen LogP contribution in [0.2, 0.25) is 0 Å². The zero-order valence-electron chi connectivity index (χ0n) is 21.8. The number of aromatic nitrogens is 2. The molecule has 0 radical (unpaired) electrons. The maximum absolute atomic E-state index is 13.7. The summed E-state index contributed by atoms with van der Waals surface area (Å²) in [6, 6.07) is 15.5. The minimum absolute atomic E-state index is 0.0266. The summed E-state index contributed by atoms with van der Waals surface area (Å²) in [4.78, 5) is 18.3. The molecule has 0 amide bonds. The van der Waals surface area contributed by atoms with E-state index >= 15 is 0 Å². The number of hydrogen-bond acceptors (Lipinski definition) is 4. The molecule has 4 aromatic rings. The Hall–Kier alpha value is -3.58. The minimum atomic E-state index is -0.901. The summed E-state index contributed by atoms with van der Waals surface area (Å²) in [6.45, 7) is 6.06. The summed E-state index contributed by atoms with van der Waals surface area (Å²) in [7, 11) is 0. The maximum atomic E-state index is 13.7. The van der Waals surface area contributed by atoms with E-state index in [1.807, 2.05) is 36.4 Å². The van der Waals surface area contributed by atoms with E-state index in [2.05, 4.69) is 23.4 Å². The normalized spacial score (nSPS) is 14.3. The van der Waals surface area contributed by atoms with Gasteiger partial charge in [0, 0.05) is 48.2 Å². The third kappa shape index (κ3) is 5.63. The molecule has 3 heterocycles. The second kappa shape index (κ2) is 11.4. The minimum Gasteiger partial charge on any atom is -0.490 e. The molecule has 5 nitrogen and oxygen atoms in total. The van der Waals surface area contributed by atoms with E-state index < -0.39 is 11.6 Å². The maximum Gasteiger partial charge on any atom is 0.165 e. The summed E-state index contributed by atoms with van der Waals surface area (Å²) in [5, 5.41) is 0.860. The van der Waals surface area contributed by atoms with E-state index in [0.717, 1.165) is 53.0 Å². The van der Waals surface area contributed by atoms with Gasteiger partial charge in [-0.3, -0.25) is 9.78 Å². The van der Waals surface area contributed by atoms with Gasteiger partial charge < -0.3 is 14.0 Å². The first kappa shape index (κ1) is 26.0. The lowest BCUT2D eigenvalue weighted by Crippen LogP contribution is -2.25. The molecule has 1 saturated heterocycles. The van der Waals surface area contributed by atoms with Crippen LogP contribution in [0.1, 0.15) is 66.3 Å². The summed E-state index contributed by atoms with van der Waals surface area (Å²) in [5.74, 6) is -0.991. The van der Waals surface area contributed by atoms with Crippen LogP contribution in [0.25, 0.3) is 10.9 Å². The zero-order valence-corrected chi connectivity index (χ0v) is 21.8. The number of rotatable bonds is 9. The SMILES string of the molecule is CC(C)c1c(C(=O)CCc2ccc(F)c(F)c2)c2ccc(OC3CCOCC3)cc2n1Cc1ccccn1. The van der Waals surface area contributed by atoms with Crippen LogP contribution in [0, 0.1) is 11.6 Å². The van der Waals surface area contributed by atoms with Crippen molar-refractivity contribution in [2.24, 2.45) is 0 Å². The number of halogens is 2. The van der Waals surface area contributed by atoms with Gasteiger partial charge in [0.2, 0.25) is 0 Å². The van der Waals surface area contributed by atoms with Crippen molar-refractivity contribution in [3.05, 3.63) is 94.9 Å². The quantitative estimate of drug-likeness (QED) is 0.227. The third-order valence-corrected chi connectivity index (χ3v) is 7.04. The molecule has 0 spiro atoms. The van der Waals surface area contributed by atoms with E-state index in [-0.39, 0.29) is 24.2 Å². The van der Waals surface area contributed by atoms with E-state index in [4.69, 9.17) is 9.47 Å². The number of ether oxygens (including phenoxy) is 2. The molecule has 0 aliphatic carbocycles. The van der Waals surface area contributed by atoms with Gasteiger partial charge in [-0.15, -0.1) is 0 Å². The Labute approximate surface area is 221 Å². The number of carbonyl (C=O) groups excluding carboxylic acids is 1. The smallest absolute Gasteiger partial charge is 0.165 e. The van der Waals surface area contributed by atoms with E-state index in [1.165, 1.54) is 6.07 Å². The van der Waals surface area contributed by atoms with Gasteiger partial charge in [0.05, 0.1) is 31.0 Å². The molecule has 0 atom stereocenters. The predicted octanol–water partition coefficient (Wildman–Crippen LogP) is 6.86. The van der Waals surface area contributed by atoms with Crippen molar-refractivity contribution >= 4 is 16.7 Å². The lowest BCUT2D eigenvalue weighted by Gasteiger charge is -2.23. The van der Waals surface area contributed by atoms with Crippen LogP contribution in [0.5, 0.6) is 5.75 Å². The number of pyridine rings is 1. The van der Waals surface area contributed by atoms with Crippen LogP contribution in [0.4, 0.5) is 8.78 Å². The van der Waals surface area contributed by atoms with Crippen molar-refractivity contribution in [2.45, 2.75) is 58.1 Å². The number of aryl methyl sites for hydroxylation is 1. The Bertz CT molecular complexity index is 1430. The highest BCUT2D eigenvalue weighted by Gasteiger charge is 2.25. The molecule has 0 unspecified atom stereocenters. The van der Waals surface area contributed by atoms with Crippen LogP contribution < -0.4 is 4.74 Å². The molecule has 38 heavy (non-hydrogen) atoms. The fraction of sp³-hybridized carbons (Fsp3) is 0.355. The Balaban J connectivity index is 1.54. The molecule has 1 fully saturated rings. The molecule has 7 heteroatoms. The number of fused-ring (bicyclic) bond motifs is 1. The summed E-state index contributed by atoms with van der Waals surface area (Å²) >= 11 is 0. The van der Waals surface area contributed by atoms with Crippen LogP contribution in [-0.4, -0.2) is 34.7 Å². The van der Waals surface area contributed by atoms with Crippen molar-refractivity contribution in [3.63, 3.8) is 0 Å². The number of hydrogen-bond donors (Lipinski definition) is 0. The summed E-state index contributed by atoms with van der Waals surface area (Å²) in [5.41, 5.74) is 4.01. The fourth-order valence-corrected chi connectivity index (χ4v) is 5.20. The second-order valence-electron chi connectivity index (χ2n) is 10.1. The van der Waals surface area contributed by atoms with Gasteiger partial charge in [-0.25, -0.2) is 8.78 Å². The fourth-order valence-electron chi connectivity index (χ4n) is 5.20. The summed E-state index contributed by atoms with van der Waals surface area (Å²) in [6.07, 6.45) is 4.07. The van der Waals surface area contributed by atoms with Gasteiger partial charge in [0.25, 0.3) is 0 Å². The molecule has 2 aromatic carbocycles. The van der Waals surface area contributed by atoms with Crippen molar-refractivity contribution in [2.75, 3.05) is 13.2 Å². The van der Waals surface area contributed by atoms with Crippen LogP contribution in [-0.2, 0) is 17.7 Å². The molecule has 198 valence electrons.